The molecule has 3 rings (SSSR count). The molecule has 0 N–H and O–H groups in total. The highest BCUT2D eigenvalue weighted by Crippen LogP contribution is 2.25. The zero-order valence-corrected chi connectivity index (χ0v) is 23.0. The molecule has 0 aliphatic heterocycles. The van der Waals surface area contributed by atoms with Gasteiger partial charge in [0.2, 0.25) is 0 Å². The fourth-order valence-electron chi connectivity index (χ4n) is 2.95. The van der Waals surface area contributed by atoms with E-state index >= 15 is 0 Å². The highest BCUT2D eigenvalue weighted by atomic mass is 16.5. The zero-order valence-electron chi connectivity index (χ0n) is 23.0. The average Bonchev–Trinajstić information content (AvgIpc) is 2.87. The minimum absolute atomic E-state index is 0.260. The van der Waals surface area contributed by atoms with Crippen LogP contribution in [-0.4, -0.2) is 20.3 Å². The molecule has 0 amide bonds. The van der Waals surface area contributed by atoms with Gasteiger partial charge in [-0.15, -0.1) is 0 Å². The van der Waals surface area contributed by atoms with Gasteiger partial charge in [0.05, 0.1) is 20.3 Å². The van der Waals surface area contributed by atoms with Gasteiger partial charge in [-0.1, -0.05) is 83.1 Å². The van der Waals surface area contributed by atoms with Gasteiger partial charge in [-0.3, -0.25) is 0 Å². The maximum Gasteiger partial charge on any atom is 0.122 e. The minimum atomic E-state index is 0.260. The Hall–Kier alpha value is -2.94. The third-order valence-corrected chi connectivity index (χ3v) is 4.78. The summed E-state index contributed by atoms with van der Waals surface area (Å²) in [5, 5.41) is 0. The van der Waals surface area contributed by atoms with Crippen LogP contribution in [0.25, 0.3) is 0 Å². The Balaban J connectivity index is 0.000000463. The van der Waals surface area contributed by atoms with Crippen molar-refractivity contribution in [2.24, 2.45) is 0 Å². The van der Waals surface area contributed by atoms with Crippen LogP contribution in [0.15, 0.2) is 72.8 Å². The fraction of sp³-hybridized carbons (Fsp3) is 0.419. The molecule has 0 saturated carbocycles. The van der Waals surface area contributed by atoms with Crippen molar-refractivity contribution in [1.82, 2.24) is 0 Å². The number of methoxy groups -OCH3 is 2. The first-order valence-electron chi connectivity index (χ1n) is 12.3. The highest BCUT2D eigenvalue weighted by Gasteiger charge is 2.04. The van der Waals surface area contributed by atoms with Gasteiger partial charge >= 0.3 is 0 Å². The van der Waals surface area contributed by atoms with E-state index < -0.39 is 0 Å². The van der Waals surface area contributed by atoms with Crippen molar-refractivity contribution >= 4 is 0 Å². The summed E-state index contributed by atoms with van der Waals surface area (Å²) >= 11 is 0. The standard InChI is InChI=1S/2C10H14O.C9H12O.C2H6/c1-8(2)9-6-4-5-7-10(9)11-3;1-8(2)11-10-7-5-4-6-9(10)3;1-3-8-4-6-9(10-2)7-5-8;1-2/h2*4-8H,1-3H3;4-7H,3H2,1-2H3;1-2H3. The molecule has 0 unspecified atom stereocenters. The van der Waals surface area contributed by atoms with E-state index in [0.29, 0.717) is 5.92 Å². The lowest BCUT2D eigenvalue weighted by molar-refractivity contribution is 0.241. The SMILES string of the molecule is CC.CCc1ccc(OC)cc1.COc1ccccc1C(C)C.Cc1ccccc1OC(C)C. The summed E-state index contributed by atoms with van der Waals surface area (Å²) in [7, 11) is 3.39. The van der Waals surface area contributed by atoms with Crippen LogP contribution in [0, 0.1) is 6.92 Å². The summed E-state index contributed by atoms with van der Waals surface area (Å²) in [5.74, 6) is 3.44. The molecule has 0 bridgehead atoms. The van der Waals surface area contributed by atoms with Crippen molar-refractivity contribution in [1.29, 1.82) is 0 Å². The largest absolute Gasteiger partial charge is 0.497 e. The molecule has 188 valence electrons. The van der Waals surface area contributed by atoms with Gasteiger partial charge < -0.3 is 14.2 Å². The molecule has 3 heteroatoms. The van der Waals surface area contributed by atoms with Crippen LogP contribution in [-0.2, 0) is 6.42 Å². The van der Waals surface area contributed by atoms with Crippen LogP contribution in [0.5, 0.6) is 17.2 Å². The van der Waals surface area contributed by atoms with Gasteiger partial charge in [-0.05, 0) is 74.1 Å². The van der Waals surface area contributed by atoms with Crippen molar-refractivity contribution in [3.05, 3.63) is 89.5 Å². The highest BCUT2D eigenvalue weighted by molar-refractivity contribution is 5.35. The molecule has 0 aromatic heterocycles. The van der Waals surface area contributed by atoms with E-state index in [1.807, 2.05) is 76.2 Å². The number of ether oxygens (including phenoxy) is 3. The smallest absolute Gasteiger partial charge is 0.122 e. The molecule has 0 radical (unpaired) electrons. The van der Waals surface area contributed by atoms with E-state index in [9.17, 15) is 0 Å². The molecule has 0 fully saturated rings. The lowest BCUT2D eigenvalue weighted by Gasteiger charge is -2.11. The topological polar surface area (TPSA) is 27.7 Å². The van der Waals surface area contributed by atoms with E-state index in [0.717, 1.165) is 23.7 Å². The fourth-order valence-corrected chi connectivity index (χ4v) is 2.95. The second-order valence-electron chi connectivity index (χ2n) is 8.03. The van der Waals surface area contributed by atoms with Crippen LogP contribution < -0.4 is 14.2 Å². The molecule has 0 aliphatic carbocycles. The third-order valence-electron chi connectivity index (χ3n) is 4.78. The average molecular weight is 467 g/mol. The molecule has 0 aliphatic rings. The number of para-hydroxylation sites is 2. The van der Waals surface area contributed by atoms with Crippen LogP contribution in [0.1, 0.15) is 71.1 Å². The van der Waals surface area contributed by atoms with E-state index in [-0.39, 0.29) is 6.10 Å². The van der Waals surface area contributed by atoms with Gasteiger partial charge in [0, 0.05) is 0 Å². The molecule has 3 nitrogen and oxygen atoms in total. The Labute approximate surface area is 209 Å². The summed E-state index contributed by atoms with van der Waals surface area (Å²) in [5.41, 5.74) is 3.82. The van der Waals surface area contributed by atoms with Gasteiger partial charge in [0.1, 0.15) is 17.2 Å². The van der Waals surface area contributed by atoms with Gasteiger partial charge in [0.25, 0.3) is 0 Å². The number of hydrogen-bond acceptors (Lipinski definition) is 3. The minimum Gasteiger partial charge on any atom is -0.497 e. The molecular weight excluding hydrogens is 420 g/mol. The van der Waals surface area contributed by atoms with E-state index in [1.54, 1.807) is 14.2 Å². The quantitative estimate of drug-likeness (QED) is 0.363. The van der Waals surface area contributed by atoms with Crippen molar-refractivity contribution in [2.45, 2.75) is 73.8 Å². The van der Waals surface area contributed by atoms with Crippen molar-refractivity contribution in [3.8, 4) is 17.2 Å². The molecule has 0 heterocycles. The maximum atomic E-state index is 5.54. The number of aryl methyl sites for hydroxylation is 2. The van der Waals surface area contributed by atoms with Gasteiger partial charge in [-0.2, -0.15) is 0 Å². The van der Waals surface area contributed by atoms with Crippen molar-refractivity contribution < 1.29 is 14.2 Å². The van der Waals surface area contributed by atoms with Crippen molar-refractivity contribution in [3.63, 3.8) is 0 Å². The van der Waals surface area contributed by atoms with Crippen LogP contribution in [0.3, 0.4) is 0 Å². The molecule has 0 spiro atoms. The second-order valence-corrected chi connectivity index (χ2v) is 8.03. The lowest BCUT2D eigenvalue weighted by Crippen LogP contribution is -2.06. The maximum absolute atomic E-state index is 5.54. The molecule has 0 saturated heterocycles. The van der Waals surface area contributed by atoms with E-state index in [4.69, 9.17) is 14.2 Å². The Morgan fingerprint density at radius 2 is 1.21 bits per heavy atom. The summed E-state index contributed by atoms with van der Waals surface area (Å²) < 4.78 is 15.8. The summed E-state index contributed by atoms with van der Waals surface area (Å²) in [6.07, 6.45) is 1.35. The lowest BCUT2D eigenvalue weighted by atomic mass is 10.0. The molecule has 3 aromatic carbocycles. The Bertz CT molecular complexity index is 860. The Kier molecular flexibility index (Phi) is 16.9. The second kappa shape index (κ2) is 18.5. The number of rotatable bonds is 6. The molecule has 0 atom stereocenters. The first-order chi connectivity index (χ1) is 16.3. The monoisotopic (exact) mass is 466 g/mol. The predicted molar refractivity (Wildman–Crippen MR) is 148 cm³/mol. The van der Waals surface area contributed by atoms with Crippen LogP contribution in [0.4, 0.5) is 0 Å². The van der Waals surface area contributed by atoms with Crippen LogP contribution in [0.2, 0.25) is 0 Å². The third kappa shape index (κ3) is 12.3. The van der Waals surface area contributed by atoms with E-state index in [2.05, 4.69) is 52.0 Å². The Morgan fingerprint density at radius 1 is 0.676 bits per heavy atom. The van der Waals surface area contributed by atoms with E-state index in [1.165, 1.54) is 16.7 Å². The van der Waals surface area contributed by atoms with Crippen molar-refractivity contribution in [2.75, 3.05) is 14.2 Å². The summed E-state index contributed by atoms with van der Waals surface area (Å²) in [6.45, 7) is 16.6. The molecular formula is C31H46O3. The zero-order chi connectivity index (χ0) is 25.9. The van der Waals surface area contributed by atoms with Gasteiger partial charge in [-0.25, -0.2) is 0 Å². The Morgan fingerprint density at radius 3 is 1.62 bits per heavy atom. The first kappa shape index (κ1) is 31.1. The summed E-state index contributed by atoms with van der Waals surface area (Å²) in [6, 6.07) is 24.3. The summed E-state index contributed by atoms with van der Waals surface area (Å²) in [4.78, 5) is 0. The molecule has 34 heavy (non-hydrogen) atoms. The first-order valence-corrected chi connectivity index (χ1v) is 12.3. The molecule has 3 aromatic rings. The normalized spacial score (nSPS) is 9.53. The number of benzene rings is 3. The van der Waals surface area contributed by atoms with Gasteiger partial charge in [0.15, 0.2) is 0 Å². The number of hydrogen-bond donors (Lipinski definition) is 0. The van der Waals surface area contributed by atoms with Crippen LogP contribution >= 0.6 is 0 Å². The predicted octanol–water partition coefficient (Wildman–Crippen LogP) is 8.88.